The maximum absolute atomic E-state index is 11.9. The lowest BCUT2D eigenvalue weighted by atomic mass is 10.3. The van der Waals surface area contributed by atoms with Gasteiger partial charge in [0.2, 0.25) is 5.91 Å². The maximum Gasteiger partial charge on any atom is 0.238 e. The molecule has 1 aromatic rings. The van der Waals surface area contributed by atoms with E-state index in [1.54, 1.807) is 18.2 Å². The van der Waals surface area contributed by atoms with Crippen molar-refractivity contribution < 1.29 is 9.90 Å². The zero-order chi connectivity index (χ0) is 14.3. The number of nitrogens with one attached hydrogen (secondary N) is 1. The summed E-state index contributed by atoms with van der Waals surface area (Å²) in [5, 5.41) is 12.4. The van der Waals surface area contributed by atoms with Gasteiger partial charge in [-0.1, -0.05) is 36.2 Å². The van der Waals surface area contributed by atoms with Crippen LogP contribution in [-0.2, 0) is 4.79 Å². The smallest absolute Gasteiger partial charge is 0.238 e. The van der Waals surface area contributed by atoms with E-state index in [-0.39, 0.29) is 19.1 Å². The van der Waals surface area contributed by atoms with E-state index in [0.29, 0.717) is 22.3 Å². The predicted molar refractivity (Wildman–Crippen MR) is 78.9 cm³/mol. The number of carbonyl (C=O) groups is 1. The Morgan fingerprint density at radius 2 is 2.11 bits per heavy atom. The number of aliphatic hydroxyl groups excluding tert-OH is 1. The van der Waals surface area contributed by atoms with Crippen LogP contribution in [0, 0.1) is 0 Å². The van der Waals surface area contributed by atoms with Crippen LogP contribution in [0.25, 0.3) is 0 Å². The molecule has 0 fully saturated rings. The van der Waals surface area contributed by atoms with Crippen LogP contribution in [-0.4, -0.2) is 42.2 Å². The van der Waals surface area contributed by atoms with Gasteiger partial charge in [-0.2, -0.15) is 0 Å². The van der Waals surface area contributed by atoms with Gasteiger partial charge in [0.15, 0.2) is 0 Å². The van der Waals surface area contributed by atoms with Crippen LogP contribution in [0.1, 0.15) is 13.3 Å². The molecule has 1 amide bonds. The largest absolute Gasteiger partial charge is 0.395 e. The molecule has 0 saturated carbocycles. The number of aliphatic hydroxyl groups is 1. The topological polar surface area (TPSA) is 52.6 Å². The number of anilines is 1. The standard InChI is InChI=1S/C13H18Cl2N2O2/c1-2-6-17(7-8-18)9-12(19)16-11-5-3-4-10(14)13(11)15/h3-5,18H,2,6-9H2,1H3,(H,16,19). The minimum absolute atomic E-state index is 0.0329. The van der Waals surface area contributed by atoms with E-state index >= 15 is 0 Å². The van der Waals surface area contributed by atoms with Crippen LogP contribution in [0.5, 0.6) is 0 Å². The highest BCUT2D eigenvalue weighted by Gasteiger charge is 2.12. The fraction of sp³-hybridized carbons (Fsp3) is 0.462. The summed E-state index contributed by atoms with van der Waals surface area (Å²) in [6.45, 7) is 3.51. The van der Waals surface area contributed by atoms with E-state index < -0.39 is 0 Å². The van der Waals surface area contributed by atoms with E-state index in [2.05, 4.69) is 5.32 Å². The average Bonchev–Trinajstić information content (AvgIpc) is 2.35. The van der Waals surface area contributed by atoms with E-state index in [9.17, 15) is 4.79 Å². The first kappa shape index (κ1) is 16.2. The molecule has 0 radical (unpaired) electrons. The van der Waals surface area contributed by atoms with Crippen molar-refractivity contribution in [3.05, 3.63) is 28.2 Å². The van der Waals surface area contributed by atoms with Crippen molar-refractivity contribution in [3.8, 4) is 0 Å². The van der Waals surface area contributed by atoms with E-state index in [1.807, 2.05) is 11.8 Å². The number of rotatable bonds is 7. The highest BCUT2D eigenvalue weighted by molar-refractivity contribution is 6.43. The molecular formula is C13H18Cl2N2O2. The lowest BCUT2D eigenvalue weighted by Gasteiger charge is -2.20. The maximum atomic E-state index is 11.9. The fourth-order valence-corrected chi connectivity index (χ4v) is 2.07. The van der Waals surface area contributed by atoms with E-state index in [1.165, 1.54) is 0 Å². The average molecular weight is 305 g/mol. The molecule has 0 saturated heterocycles. The van der Waals surface area contributed by atoms with Gasteiger partial charge < -0.3 is 10.4 Å². The quantitative estimate of drug-likeness (QED) is 0.814. The molecule has 0 aliphatic heterocycles. The molecule has 0 aromatic heterocycles. The first-order valence-corrected chi connectivity index (χ1v) is 6.91. The molecule has 106 valence electrons. The summed E-state index contributed by atoms with van der Waals surface area (Å²) in [5.41, 5.74) is 0.500. The highest BCUT2D eigenvalue weighted by Crippen LogP contribution is 2.29. The van der Waals surface area contributed by atoms with Crippen LogP contribution in [0.2, 0.25) is 10.0 Å². The fourth-order valence-electron chi connectivity index (χ4n) is 1.72. The van der Waals surface area contributed by atoms with E-state index in [0.717, 1.165) is 13.0 Å². The van der Waals surface area contributed by atoms with Crippen LogP contribution >= 0.6 is 23.2 Å². The zero-order valence-electron chi connectivity index (χ0n) is 10.8. The lowest BCUT2D eigenvalue weighted by Crippen LogP contribution is -2.35. The highest BCUT2D eigenvalue weighted by atomic mass is 35.5. The van der Waals surface area contributed by atoms with Crippen molar-refractivity contribution >= 4 is 34.8 Å². The summed E-state index contributed by atoms with van der Waals surface area (Å²) in [7, 11) is 0. The first-order valence-electron chi connectivity index (χ1n) is 6.15. The third kappa shape index (κ3) is 5.37. The molecular weight excluding hydrogens is 287 g/mol. The summed E-state index contributed by atoms with van der Waals surface area (Å²) in [6.07, 6.45) is 0.922. The molecule has 6 heteroatoms. The normalized spacial score (nSPS) is 10.8. The second-order valence-corrected chi connectivity index (χ2v) is 4.93. The third-order valence-corrected chi connectivity index (χ3v) is 3.37. The Hall–Kier alpha value is -0.810. The van der Waals surface area contributed by atoms with Crippen molar-refractivity contribution in [1.29, 1.82) is 0 Å². The number of nitrogens with zero attached hydrogens (tertiary/aromatic N) is 1. The lowest BCUT2D eigenvalue weighted by molar-refractivity contribution is -0.117. The molecule has 19 heavy (non-hydrogen) atoms. The summed E-state index contributed by atoms with van der Waals surface area (Å²) >= 11 is 11.9. The summed E-state index contributed by atoms with van der Waals surface area (Å²) < 4.78 is 0. The third-order valence-electron chi connectivity index (χ3n) is 2.55. The van der Waals surface area contributed by atoms with Gasteiger partial charge >= 0.3 is 0 Å². The zero-order valence-corrected chi connectivity index (χ0v) is 12.3. The Labute approximate surface area is 123 Å². The minimum atomic E-state index is -0.175. The number of hydrogen-bond acceptors (Lipinski definition) is 3. The van der Waals surface area contributed by atoms with Crippen LogP contribution in [0.15, 0.2) is 18.2 Å². The predicted octanol–water partition coefficient (Wildman–Crippen LogP) is 2.64. The van der Waals surface area contributed by atoms with Crippen molar-refractivity contribution in [1.82, 2.24) is 4.90 Å². The van der Waals surface area contributed by atoms with Crippen LogP contribution in [0.4, 0.5) is 5.69 Å². The van der Waals surface area contributed by atoms with Crippen molar-refractivity contribution in [2.24, 2.45) is 0 Å². The molecule has 4 nitrogen and oxygen atoms in total. The molecule has 2 N–H and O–H groups in total. The summed E-state index contributed by atoms with van der Waals surface area (Å²) in [6, 6.07) is 5.08. The van der Waals surface area contributed by atoms with Crippen molar-refractivity contribution in [2.45, 2.75) is 13.3 Å². The van der Waals surface area contributed by atoms with Gasteiger partial charge in [0.05, 0.1) is 28.9 Å². The second-order valence-electron chi connectivity index (χ2n) is 4.15. The molecule has 0 aliphatic rings. The monoisotopic (exact) mass is 304 g/mol. The Morgan fingerprint density at radius 3 is 2.74 bits per heavy atom. The SMILES string of the molecule is CCCN(CCO)CC(=O)Nc1cccc(Cl)c1Cl. The van der Waals surface area contributed by atoms with Crippen molar-refractivity contribution in [2.75, 3.05) is 31.6 Å². The number of carbonyl (C=O) groups excluding carboxylic acids is 1. The molecule has 0 aliphatic carbocycles. The molecule has 0 atom stereocenters. The second kappa shape index (κ2) is 8.38. The number of amides is 1. The molecule has 0 spiro atoms. The molecule has 1 aromatic carbocycles. The first-order chi connectivity index (χ1) is 9.08. The molecule has 1 rings (SSSR count). The number of halogens is 2. The van der Waals surface area contributed by atoms with Gasteiger partial charge in [0.1, 0.15) is 0 Å². The molecule has 0 unspecified atom stereocenters. The molecule has 0 heterocycles. The van der Waals surface area contributed by atoms with Gasteiger partial charge in [-0.3, -0.25) is 9.69 Å². The van der Waals surface area contributed by atoms with Crippen LogP contribution < -0.4 is 5.32 Å². The number of benzene rings is 1. The Balaban J connectivity index is 2.61. The van der Waals surface area contributed by atoms with Gasteiger partial charge in [-0.15, -0.1) is 0 Å². The van der Waals surface area contributed by atoms with Gasteiger partial charge in [0.25, 0.3) is 0 Å². The minimum Gasteiger partial charge on any atom is -0.395 e. The molecule has 0 bridgehead atoms. The van der Waals surface area contributed by atoms with Crippen LogP contribution in [0.3, 0.4) is 0 Å². The van der Waals surface area contributed by atoms with Gasteiger partial charge in [-0.05, 0) is 25.1 Å². The Bertz CT molecular complexity index is 421. The van der Waals surface area contributed by atoms with Crippen molar-refractivity contribution in [3.63, 3.8) is 0 Å². The number of hydrogen-bond donors (Lipinski definition) is 2. The summed E-state index contributed by atoms with van der Waals surface area (Å²) in [4.78, 5) is 13.8. The Morgan fingerprint density at radius 1 is 1.37 bits per heavy atom. The Kier molecular flexibility index (Phi) is 7.16. The summed E-state index contributed by atoms with van der Waals surface area (Å²) in [5.74, 6) is -0.175. The van der Waals surface area contributed by atoms with E-state index in [4.69, 9.17) is 28.3 Å². The van der Waals surface area contributed by atoms with Gasteiger partial charge in [0, 0.05) is 6.54 Å². The van der Waals surface area contributed by atoms with Gasteiger partial charge in [-0.25, -0.2) is 0 Å².